The summed E-state index contributed by atoms with van der Waals surface area (Å²) < 4.78 is 76.0. The SMILES string of the molecule is FC(F)(F)Sc1cnn(-c2c(Cl)cc(C(F)(F)F)cc2Cl)c1Br. The second-order valence-corrected chi connectivity index (χ2v) is 6.72. The zero-order valence-corrected chi connectivity index (χ0v) is 14.4. The maximum absolute atomic E-state index is 12.7. The second kappa shape index (κ2) is 6.38. The van der Waals surface area contributed by atoms with Crippen LogP contribution in [0.15, 0.2) is 27.8 Å². The number of hydrogen-bond donors (Lipinski definition) is 0. The maximum Gasteiger partial charge on any atom is 0.446 e. The number of rotatable bonds is 2. The molecule has 1 aromatic heterocycles. The maximum atomic E-state index is 12.7. The van der Waals surface area contributed by atoms with Crippen LogP contribution in [0.1, 0.15) is 5.56 Å². The predicted molar refractivity (Wildman–Crippen MR) is 78.2 cm³/mol. The lowest BCUT2D eigenvalue weighted by molar-refractivity contribution is -0.137. The summed E-state index contributed by atoms with van der Waals surface area (Å²) in [6, 6.07) is 1.24. The zero-order chi connectivity index (χ0) is 17.6. The van der Waals surface area contributed by atoms with Crippen LogP contribution in [0.5, 0.6) is 0 Å². The molecule has 0 aliphatic heterocycles. The van der Waals surface area contributed by atoms with Crippen LogP contribution in [-0.4, -0.2) is 15.3 Å². The van der Waals surface area contributed by atoms with Crippen molar-refractivity contribution >= 4 is 50.9 Å². The average molecular weight is 460 g/mol. The molecule has 2 nitrogen and oxygen atoms in total. The Morgan fingerprint density at radius 2 is 1.57 bits per heavy atom. The fourth-order valence-corrected chi connectivity index (χ4v) is 3.38. The van der Waals surface area contributed by atoms with Crippen molar-refractivity contribution in [3.63, 3.8) is 0 Å². The standard InChI is InChI=1S/C11H3BrCl2F6N2S/c12-9-7(23-11(18,19)20)3-21-22(9)8-5(13)1-4(2-6(8)14)10(15,16)17/h1-3H. The third-order valence-corrected chi connectivity index (χ3v) is 4.81. The van der Waals surface area contributed by atoms with Gasteiger partial charge in [-0.25, -0.2) is 4.68 Å². The fourth-order valence-electron chi connectivity index (χ4n) is 1.60. The molecule has 0 saturated carbocycles. The minimum Gasteiger partial charge on any atom is -0.222 e. The number of nitrogens with zero attached hydrogens (tertiary/aromatic N) is 2. The molecular weight excluding hydrogens is 457 g/mol. The summed E-state index contributed by atoms with van der Waals surface area (Å²) in [5.41, 5.74) is -5.80. The summed E-state index contributed by atoms with van der Waals surface area (Å²) in [5.74, 6) is 0. The van der Waals surface area contributed by atoms with Gasteiger partial charge in [-0.2, -0.15) is 31.4 Å². The van der Waals surface area contributed by atoms with Crippen molar-refractivity contribution in [3.05, 3.63) is 38.5 Å². The monoisotopic (exact) mass is 458 g/mol. The van der Waals surface area contributed by atoms with Gasteiger partial charge in [0.25, 0.3) is 0 Å². The summed E-state index contributed by atoms with van der Waals surface area (Å²) in [5, 5.41) is 2.87. The first-order valence-electron chi connectivity index (χ1n) is 5.46. The molecule has 2 aromatic rings. The van der Waals surface area contributed by atoms with Crippen LogP contribution in [0.4, 0.5) is 26.3 Å². The number of aromatic nitrogens is 2. The lowest BCUT2D eigenvalue weighted by Gasteiger charge is -2.13. The highest BCUT2D eigenvalue weighted by Gasteiger charge is 2.34. The third-order valence-electron chi connectivity index (χ3n) is 2.46. The van der Waals surface area contributed by atoms with E-state index >= 15 is 0 Å². The van der Waals surface area contributed by atoms with E-state index in [0.29, 0.717) is 12.1 Å². The highest BCUT2D eigenvalue weighted by molar-refractivity contribution is 9.10. The van der Waals surface area contributed by atoms with Crippen molar-refractivity contribution in [2.75, 3.05) is 0 Å². The Balaban J connectivity index is 2.52. The van der Waals surface area contributed by atoms with Gasteiger partial charge >= 0.3 is 11.7 Å². The first-order chi connectivity index (χ1) is 10.4. The molecule has 0 atom stereocenters. The van der Waals surface area contributed by atoms with Gasteiger partial charge in [0.2, 0.25) is 0 Å². The molecule has 0 N–H and O–H groups in total. The van der Waals surface area contributed by atoms with Gasteiger partial charge < -0.3 is 0 Å². The molecule has 23 heavy (non-hydrogen) atoms. The van der Waals surface area contributed by atoms with E-state index in [0.717, 1.165) is 10.9 Å². The molecular formula is C11H3BrCl2F6N2S. The summed E-state index contributed by atoms with van der Waals surface area (Å²) in [6.07, 6.45) is -3.77. The van der Waals surface area contributed by atoms with Gasteiger partial charge in [0.1, 0.15) is 10.3 Å². The van der Waals surface area contributed by atoms with Crippen LogP contribution in [-0.2, 0) is 6.18 Å². The van der Waals surface area contributed by atoms with Crippen molar-refractivity contribution in [3.8, 4) is 5.69 Å². The Labute approximate surface area is 147 Å². The Hall–Kier alpha value is -0.580. The zero-order valence-electron chi connectivity index (χ0n) is 10.4. The van der Waals surface area contributed by atoms with Crippen molar-refractivity contribution < 1.29 is 26.3 Å². The lowest BCUT2D eigenvalue weighted by atomic mass is 10.2. The van der Waals surface area contributed by atoms with Gasteiger partial charge in [-0.1, -0.05) is 23.2 Å². The highest BCUT2D eigenvalue weighted by Crippen LogP contribution is 2.43. The molecule has 1 heterocycles. The highest BCUT2D eigenvalue weighted by atomic mass is 79.9. The van der Waals surface area contributed by atoms with E-state index in [1.165, 1.54) is 0 Å². The Kier molecular flexibility index (Phi) is 5.20. The summed E-state index contributed by atoms with van der Waals surface area (Å²) in [6.45, 7) is 0. The molecule has 0 radical (unpaired) electrons. The largest absolute Gasteiger partial charge is 0.446 e. The molecule has 0 aliphatic carbocycles. The molecule has 0 fully saturated rings. The number of hydrogen-bond acceptors (Lipinski definition) is 2. The average Bonchev–Trinajstić information content (AvgIpc) is 2.68. The lowest BCUT2D eigenvalue weighted by Crippen LogP contribution is -2.07. The number of benzene rings is 1. The second-order valence-electron chi connectivity index (χ2n) is 4.05. The van der Waals surface area contributed by atoms with E-state index in [4.69, 9.17) is 23.2 Å². The molecule has 0 bridgehead atoms. The van der Waals surface area contributed by atoms with Crippen LogP contribution < -0.4 is 0 Å². The topological polar surface area (TPSA) is 17.8 Å². The summed E-state index contributed by atoms with van der Waals surface area (Å²) >= 11 is 14.1. The molecule has 0 unspecified atom stereocenters. The van der Waals surface area contributed by atoms with Crippen LogP contribution in [0.25, 0.3) is 5.69 Å². The van der Waals surface area contributed by atoms with Crippen LogP contribution >= 0.6 is 50.9 Å². The molecule has 0 saturated heterocycles. The van der Waals surface area contributed by atoms with E-state index in [1.807, 2.05) is 0 Å². The van der Waals surface area contributed by atoms with Crippen molar-refractivity contribution in [2.24, 2.45) is 0 Å². The number of thioether (sulfide) groups is 1. The van der Waals surface area contributed by atoms with Gasteiger partial charge in [0.05, 0.1) is 26.7 Å². The van der Waals surface area contributed by atoms with Crippen LogP contribution in [0, 0.1) is 0 Å². The minimum atomic E-state index is -4.66. The molecule has 1 aromatic carbocycles. The van der Waals surface area contributed by atoms with Gasteiger partial charge in [-0.15, -0.1) is 0 Å². The van der Waals surface area contributed by atoms with E-state index in [-0.39, 0.29) is 15.2 Å². The third kappa shape index (κ3) is 4.28. The molecule has 0 aliphatic rings. The normalized spacial score (nSPS) is 12.7. The fraction of sp³-hybridized carbons (Fsp3) is 0.182. The van der Waals surface area contributed by atoms with Crippen molar-refractivity contribution in [2.45, 2.75) is 16.6 Å². The Morgan fingerprint density at radius 1 is 1.04 bits per heavy atom. The van der Waals surface area contributed by atoms with Gasteiger partial charge in [0.15, 0.2) is 0 Å². The first kappa shape index (κ1) is 18.8. The molecule has 2 rings (SSSR count). The predicted octanol–water partition coefficient (Wildman–Crippen LogP) is 6.57. The number of halogens is 9. The van der Waals surface area contributed by atoms with Crippen LogP contribution in [0.3, 0.4) is 0 Å². The summed E-state index contributed by atoms with van der Waals surface area (Å²) in [4.78, 5) is -0.287. The molecule has 126 valence electrons. The van der Waals surface area contributed by atoms with Crippen LogP contribution in [0.2, 0.25) is 10.0 Å². The smallest absolute Gasteiger partial charge is 0.222 e. The minimum absolute atomic E-state index is 0.136. The number of alkyl halides is 6. The van der Waals surface area contributed by atoms with Crippen molar-refractivity contribution in [1.29, 1.82) is 0 Å². The molecule has 0 amide bonds. The first-order valence-corrected chi connectivity index (χ1v) is 7.82. The molecule has 12 heteroatoms. The van der Waals surface area contributed by atoms with E-state index < -0.39 is 39.1 Å². The summed E-state index contributed by atoms with van der Waals surface area (Å²) in [7, 11) is 0. The van der Waals surface area contributed by atoms with Gasteiger partial charge in [-0.3, -0.25) is 0 Å². The quantitative estimate of drug-likeness (QED) is 0.373. The van der Waals surface area contributed by atoms with Gasteiger partial charge in [0, 0.05) is 0 Å². The van der Waals surface area contributed by atoms with Crippen molar-refractivity contribution in [1.82, 2.24) is 9.78 Å². The molecule has 0 spiro atoms. The Bertz CT molecular complexity index is 720. The Morgan fingerprint density at radius 3 is 2.00 bits per heavy atom. The van der Waals surface area contributed by atoms with E-state index in [9.17, 15) is 26.3 Å². The van der Waals surface area contributed by atoms with E-state index in [2.05, 4.69) is 21.0 Å². The van der Waals surface area contributed by atoms with Gasteiger partial charge in [-0.05, 0) is 39.8 Å². The van der Waals surface area contributed by atoms with E-state index in [1.54, 1.807) is 0 Å².